The van der Waals surface area contributed by atoms with Crippen LogP contribution in [0.15, 0.2) is 77.3 Å². The summed E-state index contributed by atoms with van der Waals surface area (Å²) in [5.41, 5.74) is 4.81. The highest BCUT2D eigenvalue weighted by molar-refractivity contribution is 6.32. The van der Waals surface area contributed by atoms with Gasteiger partial charge in [-0.1, -0.05) is 87.9 Å². The Labute approximate surface area is 202 Å². The summed E-state index contributed by atoms with van der Waals surface area (Å²) in [6.45, 7) is 8.75. The van der Waals surface area contributed by atoms with E-state index in [1.807, 2.05) is 42.5 Å². The molecule has 174 valence electrons. The van der Waals surface area contributed by atoms with Crippen molar-refractivity contribution in [2.75, 3.05) is 5.32 Å². The average molecular weight is 465 g/mol. The molecule has 0 radical (unpaired) electrons. The minimum Gasteiger partial charge on any atom is -0.389 e. The number of hydrogen-bond acceptors (Lipinski definition) is 3. The zero-order valence-electron chi connectivity index (χ0n) is 19.8. The number of halogens is 1. The first kappa shape index (κ1) is 24.9. The zero-order chi connectivity index (χ0) is 24.0. The van der Waals surface area contributed by atoms with Gasteiger partial charge in [-0.2, -0.15) is 0 Å². The van der Waals surface area contributed by atoms with E-state index in [4.69, 9.17) is 16.6 Å². The van der Waals surface area contributed by atoms with Crippen LogP contribution in [0, 0.1) is 5.41 Å². The molecule has 0 saturated heterocycles. The lowest BCUT2D eigenvalue weighted by molar-refractivity contribution is -0.117. The topological polar surface area (TPSA) is 61.7 Å². The number of anilines is 1. The maximum atomic E-state index is 12.8. The third-order valence-corrected chi connectivity index (χ3v) is 5.22. The molecule has 2 aromatic carbocycles. The lowest BCUT2D eigenvalue weighted by atomic mass is 9.95. The Kier molecular flexibility index (Phi) is 8.28. The number of aliphatic imine (C=N–C) groups is 1. The number of nitrogens with zero attached hydrogens (tertiary/aromatic N) is 1. The Morgan fingerprint density at radius 1 is 1.12 bits per heavy atom. The van der Waals surface area contributed by atoms with Crippen molar-refractivity contribution in [3.8, 4) is 0 Å². The Morgan fingerprint density at radius 3 is 2.45 bits per heavy atom. The molecule has 0 saturated carbocycles. The number of aliphatic hydroxyl groups is 1. The molecule has 0 spiro atoms. The van der Waals surface area contributed by atoms with Gasteiger partial charge in [-0.05, 0) is 54.0 Å². The number of carbonyl (C=O) groups excluding carboxylic acids is 1. The third kappa shape index (κ3) is 7.69. The lowest BCUT2D eigenvalue weighted by Gasteiger charge is -2.15. The SMILES string of the molecule is CC(C)(C)C.O=C1Nc2ccc(Cl)cc2C(C2=CCC(O)C=C2)=NC1CCc1ccccc1. The second kappa shape index (κ2) is 11.0. The number of benzodiazepines with no additional fused rings is 1. The number of nitrogens with one attached hydrogen (secondary N) is 1. The fourth-order valence-electron chi connectivity index (χ4n) is 3.48. The molecule has 1 amide bonds. The van der Waals surface area contributed by atoms with Crippen LogP contribution >= 0.6 is 11.6 Å². The molecule has 2 aromatic rings. The Hall–Kier alpha value is -2.69. The van der Waals surface area contributed by atoms with Gasteiger partial charge in [0.1, 0.15) is 6.04 Å². The smallest absolute Gasteiger partial charge is 0.249 e. The largest absolute Gasteiger partial charge is 0.389 e. The maximum absolute atomic E-state index is 12.8. The van der Waals surface area contributed by atoms with E-state index in [1.165, 1.54) is 5.56 Å². The quantitative estimate of drug-likeness (QED) is 0.551. The normalized spacial score (nSPS) is 19.9. The predicted octanol–water partition coefficient (Wildman–Crippen LogP) is 6.38. The van der Waals surface area contributed by atoms with Crippen LogP contribution in [0.5, 0.6) is 0 Å². The van der Waals surface area contributed by atoms with E-state index in [2.05, 4.69) is 45.1 Å². The minimum absolute atomic E-state index is 0.116. The summed E-state index contributed by atoms with van der Waals surface area (Å²) >= 11 is 6.23. The molecule has 5 heteroatoms. The van der Waals surface area contributed by atoms with Gasteiger partial charge in [0.05, 0.1) is 17.5 Å². The number of allylic oxidation sites excluding steroid dienone is 2. The molecule has 1 aliphatic carbocycles. The fourth-order valence-corrected chi connectivity index (χ4v) is 3.65. The second-order valence-electron chi connectivity index (χ2n) is 10.0. The van der Waals surface area contributed by atoms with Crippen LogP contribution < -0.4 is 5.32 Å². The molecular weight excluding hydrogens is 432 g/mol. The van der Waals surface area contributed by atoms with E-state index in [-0.39, 0.29) is 5.91 Å². The van der Waals surface area contributed by atoms with Crippen molar-refractivity contribution in [2.24, 2.45) is 10.4 Å². The van der Waals surface area contributed by atoms with Gasteiger partial charge in [0.2, 0.25) is 5.91 Å². The van der Waals surface area contributed by atoms with Gasteiger partial charge in [0, 0.05) is 10.6 Å². The molecule has 33 heavy (non-hydrogen) atoms. The van der Waals surface area contributed by atoms with Crippen molar-refractivity contribution >= 4 is 28.9 Å². The number of hydrogen-bond donors (Lipinski definition) is 2. The van der Waals surface area contributed by atoms with Crippen LogP contribution in [0.3, 0.4) is 0 Å². The predicted molar refractivity (Wildman–Crippen MR) is 138 cm³/mol. The van der Waals surface area contributed by atoms with Crippen molar-refractivity contribution in [3.05, 3.63) is 88.5 Å². The van der Waals surface area contributed by atoms with Gasteiger partial charge in [-0.25, -0.2) is 0 Å². The second-order valence-corrected chi connectivity index (χ2v) is 10.5. The van der Waals surface area contributed by atoms with Gasteiger partial charge < -0.3 is 10.4 Å². The number of amides is 1. The molecule has 2 unspecified atom stereocenters. The van der Waals surface area contributed by atoms with Crippen molar-refractivity contribution in [2.45, 2.75) is 59.1 Å². The molecule has 2 aliphatic rings. The molecule has 2 atom stereocenters. The standard InChI is InChI=1S/C23H21ClN2O2.C5H12/c24-17-9-13-20-19(14-17)22(16-7-10-18(27)11-8-16)25-21(23(28)26-20)12-6-15-4-2-1-3-5-15;1-5(2,3)4/h1-5,7-10,13-14,18,21,27H,6,11-12H2,(H,26,28);1-4H3. The molecular formula is C28H33ClN2O2. The van der Waals surface area contributed by atoms with Crippen LogP contribution in [0.4, 0.5) is 5.69 Å². The Balaban J connectivity index is 0.000000555. The van der Waals surface area contributed by atoms with E-state index in [1.54, 1.807) is 12.1 Å². The molecule has 4 rings (SSSR count). The number of rotatable bonds is 4. The van der Waals surface area contributed by atoms with Crippen molar-refractivity contribution in [3.63, 3.8) is 0 Å². The number of carbonyl (C=O) groups is 1. The summed E-state index contributed by atoms with van der Waals surface area (Å²) in [6, 6.07) is 15.0. The monoisotopic (exact) mass is 464 g/mol. The number of aryl methyl sites for hydroxylation is 1. The maximum Gasteiger partial charge on any atom is 0.249 e. The molecule has 2 N–H and O–H groups in total. The third-order valence-electron chi connectivity index (χ3n) is 4.98. The first-order valence-electron chi connectivity index (χ1n) is 11.4. The highest BCUT2D eigenvalue weighted by Crippen LogP contribution is 2.29. The van der Waals surface area contributed by atoms with Crippen LogP contribution in [0.1, 0.15) is 51.7 Å². The van der Waals surface area contributed by atoms with Crippen molar-refractivity contribution in [1.29, 1.82) is 0 Å². The fraction of sp³-hybridized carbons (Fsp3) is 0.357. The summed E-state index contributed by atoms with van der Waals surface area (Å²) in [5.74, 6) is -0.116. The summed E-state index contributed by atoms with van der Waals surface area (Å²) in [4.78, 5) is 17.7. The Morgan fingerprint density at radius 2 is 1.82 bits per heavy atom. The molecule has 0 bridgehead atoms. The van der Waals surface area contributed by atoms with Gasteiger partial charge in [-0.3, -0.25) is 9.79 Å². The average Bonchev–Trinajstić information content (AvgIpc) is 2.88. The van der Waals surface area contributed by atoms with Crippen LogP contribution in [0.25, 0.3) is 0 Å². The van der Waals surface area contributed by atoms with Gasteiger partial charge >= 0.3 is 0 Å². The summed E-state index contributed by atoms with van der Waals surface area (Å²) in [6.07, 6.45) is 6.99. The van der Waals surface area contributed by atoms with E-state index in [9.17, 15) is 9.90 Å². The molecule has 1 heterocycles. The van der Waals surface area contributed by atoms with E-state index < -0.39 is 12.1 Å². The van der Waals surface area contributed by atoms with Crippen LogP contribution in [-0.2, 0) is 11.2 Å². The van der Waals surface area contributed by atoms with Crippen molar-refractivity contribution in [1.82, 2.24) is 0 Å². The number of benzene rings is 2. The molecule has 0 fully saturated rings. The first-order chi connectivity index (χ1) is 15.6. The number of aliphatic hydroxyl groups excluding tert-OH is 1. The van der Waals surface area contributed by atoms with E-state index in [0.29, 0.717) is 29.0 Å². The summed E-state index contributed by atoms with van der Waals surface area (Å²) < 4.78 is 0. The van der Waals surface area contributed by atoms with E-state index in [0.717, 1.165) is 23.3 Å². The van der Waals surface area contributed by atoms with Crippen LogP contribution in [0.2, 0.25) is 5.02 Å². The highest BCUT2D eigenvalue weighted by atomic mass is 35.5. The van der Waals surface area contributed by atoms with E-state index >= 15 is 0 Å². The van der Waals surface area contributed by atoms with Crippen LogP contribution in [-0.4, -0.2) is 28.9 Å². The van der Waals surface area contributed by atoms with Gasteiger partial charge in [-0.15, -0.1) is 0 Å². The minimum atomic E-state index is -0.498. The summed E-state index contributed by atoms with van der Waals surface area (Å²) in [7, 11) is 0. The first-order valence-corrected chi connectivity index (χ1v) is 11.8. The molecule has 4 nitrogen and oxygen atoms in total. The number of fused-ring (bicyclic) bond motifs is 1. The van der Waals surface area contributed by atoms with Gasteiger partial charge in [0.25, 0.3) is 0 Å². The lowest BCUT2D eigenvalue weighted by Crippen LogP contribution is -2.26. The summed E-state index contributed by atoms with van der Waals surface area (Å²) in [5, 5.41) is 13.4. The Bertz CT molecular complexity index is 1060. The molecule has 1 aliphatic heterocycles. The molecule has 0 aromatic heterocycles. The van der Waals surface area contributed by atoms with Crippen molar-refractivity contribution < 1.29 is 9.90 Å². The zero-order valence-corrected chi connectivity index (χ0v) is 20.6. The highest BCUT2D eigenvalue weighted by Gasteiger charge is 2.26. The van der Waals surface area contributed by atoms with Gasteiger partial charge in [0.15, 0.2) is 0 Å².